The van der Waals surface area contributed by atoms with Crippen LogP contribution in [0.2, 0.25) is 0 Å². The zero-order valence-electron chi connectivity index (χ0n) is 10.5. The second-order valence-electron chi connectivity index (χ2n) is 5.10. The lowest BCUT2D eigenvalue weighted by Gasteiger charge is -2.20. The van der Waals surface area contributed by atoms with Crippen molar-refractivity contribution in [2.75, 3.05) is 0 Å². The molecule has 1 aromatic carbocycles. The number of carbonyl (C=O) groups excluding carboxylic acids is 1. The van der Waals surface area contributed by atoms with Crippen molar-refractivity contribution in [1.29, 1.82) is 0 Å². The van der Waals surface area contributed by atoms with E-state index in [1.165, 1.54) is 0 Å². The standard InChI is InChI=1S/C14H19NO2/c1-14(2,3)11-9-10(7-8-12(11)16)5-4-6-13(15)17/h4-5,7-9,16H,6H2,1-3H3,(H2,15,17). The number of aromatic hydroxyl groups is 1. The van der Waals surface area contributed by atoms with Crippen LogP contribution in [-0.2, 0) is 10.2 Å². The van der Waals surface area contributed by atoms with Crippen LogP contribution in [0, 0.1) is 0 Å². The van der Waals surface area contributed by atoms with E-state index in [0.717, 1.165) is 11.1 Å². The minimum Gasteiger partial charge on any atom is -0.508 e. The van der Waals surface area contributed by atoms with Crippen molar-refractivity contribution in [3.63, 3.8) is 0 Å². The summed E-state index contributed by atoms with van der Waals surface area (Å²) in [6.07, 6.45) is 3.78. The van der Waals surface area contributed by atoms with Gasteiger partial charge >= 0.3 is 0 Å². The molecule has 0 saturated heterocycles. The first-order valence-electron chi connectivity index (χ1n) is 5.59. The summed E-state index contributed by atoms with van der Waals surface area (Å²) in [5.74, 6) is -0.0550. The second kappa shape index (κ2) is 5.04. The SMILES string of the molecule is CC(C)(C)c1cc(C=CCC(N)=O)ccc1O. The lowest BCUT2D eigenvalue weighted by atomic mass is 9.85. The van der Waals surface area contributed by atoms with E-state index in [1.54, 1.807) is 12.1 Å². The van der Waals surface area contributed by atoms with Crippen molar-refractivity contribution in [3.05, 3.63) is 35.4 Å². The third-order valence-corrected chi connectivity index (χ3v) is 2.46. The first-order valence-corrected chi connectivity index (χ1v) is 5.59. The Labute approximate surface area is 102 Å². The van der Waals surface area contributed by atoms with E-state index in [0.29, 0.717) is 5.75 Å². The minimum atomic E-state index is -0.351. The van der Waals surface area contributed by atoms with Crippen LogP contribution >= 0.6 is 0 Å². The highest BCUT2D eigenvalue weighted by molar-refractivity contribution is 5.76. The molecule has 0 atom stereocenters. The molecule has 0 unspecified atom stereocenters. The first kappa shape index (κ1) is 13.3. The lowest BCUT2D eigenvalue weighted by Crippen LogP contribution is -2.11. The molecule has 0 saturated carbocycles. The van der Waals surface area contributed by atoms with Crippen molar-refractivity contribution < 1.29 is 9.90 Å². The summed E-state index contributed by atoms with van der Waals surface area (Å²) in [6.45, 7) is 6.12. The largest absolute Gasteiger partial charge is 0.508 e. The summed E-state index contributed by atoms with van der Waals surface area (Å²) in [5, 5.41) is 9.79. The van der Waals surface area contributed by atoms with Crippen LogP contribution in [0.4, 0.5) is 0 Å². The van der Waals surface area contributed by atoms with Gasteiger partial charge in [0.2, 0.25) is 5.91 Å². The monoisotopic (exact) mass is 233 g/mol. The highest BCUT2D eigenvalue weighted by Gasteiger charge is 2.17. The van der Waals surface area contributed by atoms with Gasteiger partial charge in [-0.1, -0.05) is 39.0 Å². The van der Waals surface area contributed by atoms with Crippen LogP contribution in [-0.4, -0.2) is 11.0 Å². The molecule has 0 heterocycles. The summed E-state index contributed by atoms with van der Waals surface area (Å²) in [7, 11) is 0. The van der Waals surface area contributed by atoms with Crippen molar-refractivity contribution in [1.82, 2.24) is 0 Å². The number of nitrogens with two attached hydrogens (primary N) is 1. The molecule has 0 aromatic heterocycles. The summed E-state index contributed by atoms with van der Waals surface area (Å²) in [5.41, 5.74) is 6.78. The normalized spacial score (nSPS) is 11.9. The van der Waals surface area contributed by atoms with E-state index in [4.69, 9.17) is 5.73 Å². The molecule has 0 aliphatic carbocycles. The van der Waals surface area contributed by atoms with Crippen LogP contribution in [0.15, 0.2) is 24.3 Å². The van der Waals surface area contributed by atoms with E-state index in [9.17, 15) is 9.90 Å². The summed E-state index contributed by atoms with van der Waals surface area (Å²) < 4.78 is 0. The fourth-order valence-electron chi connectivity index (χ4n) is 1.57. The van der Waals surface area contributed by atoms with Gasteiger partial charge in [-0.25, -0.2) is 0 Å². The van der Waals surface area contributed by atoms with Gasteiger partial charge in [-0.2, -0.15) is 0 Å². The molecule has 0 radical (unpaired) electrons. The summed E-state index contributed by atoms with van der Waals surface area (Å²) >= 11 is 0. The smallest absolute Gasteiger partial charge is 0.221 e. The number of primary amides is 1. The highest BCUT2D eigenvalue weighted by atomic mass is 16.3. The van der Waals surface area contributed by atoms with Crippen LogP contribution < -0.4 is 5.73 Å². The Hall–Kier alpha value is -1.77. The highest BCUT2D eigenvalue weighted by Crippen LogP contribution is 2.31. The minimum absolute atomic E-state index is 0.113. The third-order valence-electron chi connectivity index (χ3n) is 2.46. The van der Waals surface area contributed by atoms with Gasteiger partial charge in [0.05, 0.1) is 0 Å². The molecule has 3 nitrogen and oxygen atoms in total. The lowest BCUT2D eigenvalue weighted by molar-refractivity contribution is -0.117. The van der Waals surface area contributed by atoms with Gasteiger partial charge in [0.1, 0.15) is 5.75 Å². The average molecular weight is 233 g/mol. The summed E-state index contributed by atoms with van der Waals surface area (Å²) in [6, 6.07) is 5.40. The number of rotatable bonds is 3. The quantitative estimate of drug-likeness (QED) is 0.842. The molecule has 1 amide bonds. The molecule has 0 spiro atoms. The maximum absolute atomic E-state index is 10.6. The first-order chi connectivity index (χ1) is 7.80. The Kier molecular flexibility index (Phi) is 3.94. The van der Waals surface area contributed by atoms with Gasteiger partial charge in [0.15, 0.2) is 0 Å². The molecule has 3 heteroatoms. The molecule has 1 rings (SSSR count). The summed E-state index contributed by atoms with van der Waals surface area (Å²) in [4.78, 5) is 10.6. The maximum Gasteiger partial charge on any atom is 0.221 e. The third kappa shape index (κ3) is 3.94. The zero-order valence-corrected chi connectivity index (χ0v) is 10.5. The number of hydrogen-bond donors (Lipinski definition) is 2. The molecule has 0 aliphatic rings. The van der Waals surface area contributed by atoms with E-state index >= 15 is 0 Å². The Morgan fingerprint density at radius 2 is 2.06 bits per heavy atom. The number of phenolic OH excluding ortho intramolecular Hbond substituents is 1. The zero-order chi connectivity index (χ0) is 13.1. The van der Waals surface area contributed by atoms with Crippen LogP contribution in [0.3, 0.4) is 0 Å². The van der Waals surface area contributed by atoms with Crippen molar-refractivity contribution in [3.8, 4) is 5.75 Å². The van der Waals surface area contributed by atoms with Crippen molar-refractivity contribution in [2.45, 2.75) is 32.6 Å². The van der Waals surface area contributed by atoms with E-state index in [2.05, 4.69) is 0 Å². The molecule has 0 bridgehead atoms. The molecular formula is C14H19NO2. The topological polar surface area (TPSA) is 63.3 Å². The molecule has 17 heavy (non-hydrogen) atoms. The molecule has 3 N–H and O–H groups in total. The molecule has 0 aliphatic heterocycles. The van der Waals surface area contributed by atoms with E-state index in [1.807, 2.05) is 39.0 Å². The van der Waals surface area contributed by atoms with Gasteiger partial charge in [-0.05, 0) is 28.7 Å². The van der Waals surface area contributed by atoms with Crippen LogP contribution in [0.1, 0.15) is 38.3 Å². The number of benzene rings is 1. The number of amides is 1. The molecule has 92 valence electrons. The number of carbonyl (C=O) groups is 1. The van der Waals surface area contributed by atoms with Crippen LogP contribution in [0.5, 0.6) is 5.75 Å². The van der Waals surface area contributed by atoms with Gasteiger partial charge in [0.25, 0.3) is 0 Å². The average Bonchev–Trinajstić information content (AvgIpc) is 2.18. The van der Waals surface area contributed by atoms with Gasteiger partial charge < -0.3 is 10.8 Å². The van der Waals surface area contributed by atoms with Crippen molar-refractivity contribution >= 4 is 12.0 Å². The predicted molar refractivity (Wildman–Crippen MR) is 69.7 cm³/mol. The van der Waals surface area contributed by atoms with Gasteiger partial charge in [-0.15, -0.1) is 0 Å². The fourth-order valence-corrected chi connectivity index (χ4v) is 1.57. The van der Waals surface area contributed by atoms with Gasteiger partial charge in [0, 0.05) is 6.42 Å². The molecule has 0 fully saturated rings. The molecule has 1 aromatic rings. The fraction of sp³-hybridized carbons (Fsp3) is 0.357. The van der Waals surface area contributed by atoms with E-state index in [-0.39, 0.29) is 17.7 Å². The maximum atomic E-state index is 10.6. The van der Waals surface area contributed by atoms with Gasteiger partial charge in [-0.3, -0.25) is 4.79 Å². The van der Waals surface area contributed by atoms with Crippen molar-refractivity contribution in [2.24, 2.45) is 5.73 Å². The molecular weight excluding hydrogens is 214 g/mol. The Morgan fingerprint density at radius 3 is 2.59 bits per heavy atom. The Bertz CT molecular complexity index is 442. The number of phenols is 1. The van der Waals surface area contributed by atoms with E-state index < -0.39 is 0 Å². The number of hydrogen-bond acceptors (Lipinski definition) is 2. The Balaban J connectivity index is 2.97. The predicted octanol–water partition coefficient (Wildman–Crippen LogP) is 2.58. The Morgan fingerprint density at radius 1 is 1.41 bits per heavy atom. The second-order valence-corrected chi connectivity index (χ2v) is 5.10. The van der Waals surface area contributed by atoms with Crippen LogP contribution in [0.25, 0.3) is 6.08 Å².